The molecule has 0 atom stereocenters. The standard InChI is InChI=1S/C16H24N2O4S/c1-3-23(20,21)18-10-4-9-17(11-12-18)16(19)13-14-5-7-15(22-2)8-6-14/h5-8H,3-4,9-13H2,1-2H3. The molecule has 1 aliphatic rings. The largest absolute Gasteiger partial charge is 0.497 e. The van der Waals surface area contributed by atoms with Crippen molar-refractivity contribution in [1.29, 1.82) is 0 Å². The van der Waals surface area contributed by atoms with Crippen LogP contribution in [0.1, 0.15) is 18.9 Å². The van der Waals surface area contributed by atoms with Crippen LogP contribution in [0.5, 0.6) is 5.75 Å². The van der Waals surface area contributed by atoms with Gasteiger partial charge in [0.1, 0.15) is 5.75 Å². The predicted molar refractivity (Wildman–Crippen MR) is 88.9 cm³/mol. The lowest BCUT2D eigenvalue weighted by molar-refractivity contribution is -0.130. The Hall–Kier alpha value is -1.60. The van der Waals surface area contributed by atoms with Gasteiger partial charge in [-0.25, -0.2) is 12.7 Å². The van der Waals surface area contributed by atoms with Gasteiger partial charge < -0.3 is 9.64 Å². The number of hydrogen-bond donors (Lipinski definition) is 0. The number of carbonyl (C=O) groups excluding carboxylic acids is 1. The van der Waals surface area contributed by atoms with E-state index in [0.29, 0.717) is 39.0 Å². The smallest absolute Gasteiger partial charge is 0.227 e. The van der Waals surface area contributed by atoms with Gasteiger partial charge in [0.05, 0.1) is 19.3 Å². The lowest BCUT2D eigenvalue weighted by atomic mass is 10.1. The summed E-state index contributed by atoms with van der Waals surface area (Å²) in [6.45, 7) is 3.57. The minimum absolute atomic E-state index is 0.0333. The zero-order valence-electron chi connectivity index (χ0n) is 13.7. The van der Waals surface area contributed by atoms with E-state index in [-0.39, 0.29) is 11.7 Å². The fraction of sp³-hybridized carbons (Fsp3) is 0.562. The van der Waals surface area contributed by atoms with Crippen LogP contribution in [0.3, 0.4) is 0 Å². The van der Waals surface area contributed by atoms with Crippen LogP contribution in [-0.4, -0.2) is 62.6 Å². The second-order valence-corrected chi connectivity index (χ2v) is 7.82. The van der Waals surface area contributed by atoms with Crippen LogP contribution in [0.4, 0.5) is 0 Å². The Bertz CT molecular complexity index is 628. The maximum absolute atomic E-state index is 12.4. The number of sulfonamides is 1. The first-order valence-electron chi connectivity index (χ1n) is 7.85. The van der Waals surface area contributed by atoms with Crippen molar-refractivity contribution in [2.45, 2.75) is 19.8 Å². The summed E-state index contributed by atoms with van der Waals surface area (Å²) in [5.74, 6) is 0.898. The van der Waals surface area contributed by atoms with Gasteiger partial charge in [-0.15, -0.1) is 0 Å². The first kappa shape index (κ1) is 17.7. The Morgan fingerprint density at radius 1 is 1.13 bits per heavy atom. The molecule has 0 aliphatic carbocycles. The van der Waals surface area contributed by atoms with Crippen molar-refractivity contribution in [3.8, 4) is 5.75 Å². The number of amides is 1. The zero-order chi connectivity index (χ0) is 16.9. The highest BCUT2D eigenvalue weighted by Gasteiger charge is 2.25. The molecular weight excluding hydrogens is 316 g/mol. The van der Waals surface area contributed by atoms with Crippen molar-refractivity contribution in [3.63, 3.8) is 0 Å². The molecule has 0 radical (unpaired) electrons. The monoisotopic (exact) mass is 340 g/mol. The molecule has 1 aromatic rings. The van der Waals surface area contributed by atoms with E-state index >= 15 is 0 Å². The molecule has 23 heavy (non-hydrogen) atoms. The molecule has 1 aromatic carbocycles. The van der Waals surface area contributed by atoms with E-state index in [1.165, 1.54) is 4.31 Å². The molecule has 1 aliphatic heterocycles. The highest BCUT2D eigenvalue weighted by molar-refractivity contribution is 7.89. The van der Waals surface area contributed by atoms with Gasteiger partial charge in [-0.1, -0.05) is 12.1 Å². The number of hydrogen-bond acceptors (Lipinski definition) is 4. The van der Waals surface area contributed by atoms with Crippen molar-refractivity contribution >= 4 is 15.9 Å². The lowest BCUT2D eigenvalue weighted by Gasteiger charge is -2.21. The minimum Gasteiger partial charge on any atom is -0.497 e. The Kier molecular flexibility index (Phi) is 6.01. The molecule has 0 aromatic heterocycles. The summed E-state index contributed by atoms with van der Waals surface area (Å²) < 4.78 is 30.5. The van der Waals surface area contributed by atoms with Gasteiger partial charge in [0, 0.05) is 26.2 Å². The summed E-state index contributed by atoms with van der Waals surface area (Å²) in [6, 6.07) is 7.42. The number of carbonyl (C=O) groups is 1. The van der Waals surface area contributed by atoms with Crippen LogP contribution in [-0.2, 0) is 21.2 Å². The summed E-state index contributed by atoms with van der Waals surface area (Å²) in [7, 11) is -1.57. The zero-order valence-corrected chi connectivity index (χ0v) is 14.5. The van der Waals surface area contributed by atoms with E-state index in [1.54, 1.807) is 18.9 Å². The van der Waals surface area contributed by atoms with Crippen LogP contribution in [0.2, 0.25) is 0 Å². The number of benzene rings is 1. The molecule has 0 unspecified atom stereocenters. The molecule has 7 heteroatoms. The van der Waals surface area contributed by atoms with Gasteiger partial charge in [-0.2, -0.15) is 0 Å². The summed E-state index contributed by atoms with van der Waals surface area (Å²) in [6.07, 6.45) is 0.998. The quantitative estimate of drug-likeness (QED) is 0.806. The van der Waals surface area contributed by atoms with Crippen LogP contribution in [0, 0.1) is 0 Å². The molecule has 1 heterocycles. The highest BCUT2D eigenvalue weighted by Crippen LogP contribution is 2.14. The SMILES string of the molecule is CCS(=O)(=O)N1CCCN(C(=O)Cc2ccc(OC)cc2)CC1. The van der Waals surface area contributed by atoms with Crippen LogP contribution in [0.15, 0.2) is 24.3 Å². The second-order valence-electron chi connectivity index (χ2n) is 5.56. The number of nitrogens with zero attached hydrogens (tertiary/aromatic N) is 2. The van der Waals surface area contributed by atoms with Gasteiger partial charge in [-0.05, 0) is 31.0 Å². The Morgan fingerprint density at radius 2 is 1.83 bits per heavy atom. The minimum atomic E-state index is -3.18. The second kappa shape index (κ2) is 7.79. The topological polar surface area (TPSA) is 66.9 Å². The maximum Gasteiger partial charge on any atom is 0.227 e. The molecule has 0 saturated carbocycles. The fourth-order valence-electron chi connectivity index (χ4n) is 2.63. The molecule has 0 N–H and O–H groups in total. The molecule has 1 fully saturated rings. The molecule has 128 valence electrons. The third-order valence-corrected chi connectivity index (χ3v) is 5.96. The number of methoxy groups -OCH3 is 1. The van der Waals surface area contributed by atoms with Gasteiger partial charge in [0.15, 0.2) is 0 Å². The summed E-state index contributed by atoms with van der Waals surface area (Å²) in [5.41, 5.74) is 0.929. The Balaban J connectivity index is 1.95. The maximum atomic E-state index is 12.4. The van der Waals surface area contributed by atoms with Gasteiger partial charge in [-0.3, -0.25) is 4.79 Å². The average Bonchev–Trinajstić information content (AvgIpc) is 2.82. The van der Waals surface area contributed by atoms with Crippen LogP contribution >= 0.6 is 0 Å². The van der Waals surface area contributed by atoms with Crippen molar-refractivity contribution in [2.75, 3.05) is 39.0 Å². The van der Waals surface area contributed by atoms with Crippen LogP contribution in [0.25, 0.3) is 0 Å². The molecule has 2 rings (SSSR count). The van der Waals surface area contributed by atoms with Gasteiger partial charge >= 0.3 is 0 Å². The van der Waals surface area contributed by atoms with Crippen molar-refractivity contribution in [3.05, 3.63) is 29.8 Å². The van der Waals surface area contributed by atoms with E-state index < -0.39 is 10.0 Å². The summed E-state index contributed by atoms with van der Waals surface area (Å²) in [5, 5.41) is 0. The summed E-state index contributed by atoms with van der Waals surface area (Å²) in [4.78, 5) is 14.2. The van der Waals surface area contributed by atoms with E-state index in [9.17, 15) is 13.2 Å². The van der Waals surface area contributed by atoms with Crippen LogP contribution < -0.4 is 4.74 Å². The first-order chi connectivity index (χ1) is 11.0. The third kappa shape index (κ3) is 4.68. The van der Waals surface area contributed by atoms with E-state index in [2.05, 4.69) is 0 Å². The summed E-state index contributed by atoms with van der Waals surface area (Å²) >= 11 is 0. The Morgan fingerprint density at radius 3 is 2.43 bits per heavy atom. The van der Waals surface area contributed by atoms with Crippen molar-refractivity contribution in [1.82, 2.24) is 9.21 Å². The number of ether oxygens (including phenoxy) is 1. The Labute approximate surface area is 138 Å². The van der Waals surface area contributed by atoms with E-state index in [1.807, 2.05) is 24.3 Å². The van der Waals surface area contributed by atoms with Gasteiger partial charge in [0.2, 0.25) is 15.9 Å². The molecular formula is C16H24N2O4S. The number of rotatable bonds is 5. The van der Waals surface area contributed by atoms with E-state index in [0.717, 1.165) is 11.3 Å². The molecule has 1 amide bonds. The molecule has 1 saturated heterocycles. The van der Waals surface area contributed by atoms with Gasteiger partial charge in [0.25, 0.3) is 0 Å². The average molecular weight is 340 g/mol. The molecule has 0 spiro atoms. The highest BCUT2D eigenvalue weighted by atomic mass is 32.2. The third-order valence-electron chi connectivity index (χ3n) is 4.08. The predicted octanol–water partition coefficient (Wildman–Crippen LogP) is 1.12. The normalized spacial score (nSPS) is 16.9. The van der Waals surface area contributed by atoms with Crippen molar-refractivity contribution in [2.24, 2.45) is 0 Å². The van der Waals surface area contributed by atoms with E-state index in [4.69, 9.17) is 4.74 Å². The molecule has 6 nitrogen and oxygen atoms in total. The lowest BCUT2D eigenvalue weighted by Crippen LogP contribution is -2.38. The molecule has 0 bridgehead atoms. The fourth-order valence-corrected chi connectivity index (χ4v) is 3.77. The van der Waals surface area contributed by atoms with Crippen molar-refractivity contribution < 1.29 is 17.9 Å². The first-order valence-corrected chi connectivity index (χ1v) is 9.45.